The molecule has 0 saturated carbocycles. The number of carbonyl (C=O) groups is 1. The minimum Gasteiger partial charge on any atom is -0.315 e. The van der Waals surface area contributed by atoms with Crippen LogP contribution >= 0.6 is 0 Å². The van der Waals surface area contributed by atoms with Gasteiger partial charge in [-0.3, -0.25) is 4.79 Å². The molecule has 2 heterocycles. The Kier molecular flexibility index (Phi) is 5.19. The highest BCUT2D eigenvalue weighted by atomic mass is 32.2. The number of sulfonamides is 1. The van der Waals surface area contributed by atoms with Gasteiger partial charge in [0.25, 0.3) is 5.91 Å². The predicted molar refractivity (Wildman–Crippen MR) is 95.0 cm³/mol. The van der Waals surface area contributed by atoms with Crippen LogP contribution in [0.5, 0.6) is 0 Å². The molecule has 8 heteroatoms. The molecular weight excluding hydrogens is 340 g/mol. The van der Waals surface area contributed by atoms with Crippen LogP contribution in [0.2, 0.25) is 0 Å². The van der Waals surface area contributed by atoms with Gasteiger partial charge in [0.1, 0.15) is 11.6 Å². The van der Waals surface area contributed by atoms with Gasteiger partial charge in [0.05, 0.1) is 11.1 Å². The van der Waals surface area contributed by atoms with E-state index in [-0.39, 0.29) is 10.8 Å². The molecule has 3 rings (SSSR count). The van der Waals surface area contributed by atoms with Gasteiger partial charge < -0.3 is 9.88 Å². The van der Waals surface area contributed by atoms with Crippen LogP contribution in [0.3, 0.4) is 0 Å². The second-order valence-electron chi connectivity index (χ2n) is 6.04. The summed E-state index contributed by atoms with van der Waals surface area (Å²) in [6.45, 7) is 3.13. The van der Waals surface area contributed by atoms with E-state index in [2.05, 4.69) is 15.0 Å². The van der Waals surface area contributed by atoms with Gasteiger partial charge in [0.2, 0.25) is 10.0 Å². The Balaban J connectivity index is 1.72. The molecule has 134 valence electrons. The van der Waals surface area contributed by atoms with E-state index in [1.165, 1.54) is 24.3 Å². The number of aromatic nitrogens is 2. The van der Waals surface area contributed by atoms with Crippen LogP contribution in [-0.4, -0.2) is 30.4 Å². The number of carbonyl (C=O) groups excluding carboxylic acids is 1. The quantitative estimate of drug-likeness (QED) is 0.823. The number of hydrogen-bond acceptors (Lipinski definition) is 4. The minimum absolute atomic E-state index is 0.152. The van der Waals surface area contributed by atoms with Crippen LogP contribution in [-0.2, 0) is 23.0 Å². The largest absolute Gasteiger partial charge is 0.315 e. The van der Waals surface area contributed by atoms with E-state index < -0.39 is 10.0 Å². The van der Waals surface area contributed by atoms with E-state index in [1.807, 2.05) is 11.5 Å². The fourth-order valence-corrected chi connectivity index (χ4v) is 3.94. The lowest BCUT2D eigenvalue weighted by Crippen LogP contribution is -2.24. The number of nitrogens with zero attached hydrogens (tertiary/aromatic N) is 2. The number of nitrogens with one attached hydrogen (secondary N) is 2. The highest BCUT2D eigenvalue weighted by molar-refractivity contribution is 7.89. The van der Waals surface area contributed by atoms with Crippen LogP contribution in [0.15, 0.2) is 35.4 Å². The number of imidazole rings is 1. The predicted octanol–water partition coefficient (Wildman–Crippen LogP) is 2.16. The molecule has 0 radical (unpaired) electrons. The first-order chi connectivity index (χ1) is 12.0. The van der Waals surface area contributed by atoms with Gasteiger partial charge in [-0.1, -0.05) is 6.92 Å². The third-order valence-electron chi connectivity index (χ3n) is 4.18. The molecule has 1 aromatic carbocycles. The number of fused-ring (bicyclic) bond motifs is 1. The topological polar surface area (TPSA) is 93.1 Å². The second kappa shape index (κ2) is 7.37. The average molecular weight is 362 g/mol. The van der Waals surface area contributed by atoms with Crippen molar-refractivity contribution in [2.75, 3.05) is 11.9 Å². The molecule has 1 aliphatic rings. The Labute approximate surface area is 147 Å². The number of rotatable bonds is 6. The van der Waals surface area contributed by atoms with Gasteiger partial charge in [0, 0.05) is 25.1 Å². The molecule has 25 heavy (non-hydrogen) atoms. The summed E-state index contributed by atoms with van der Waals surface area (Å²) in [5.41, 5.74) is 0.404. The molecule has 0 fully saturated rings. The van der Waals surface area contributed by atoms with Gasteiger partial charge in [-0.25, -0.2) is 18.1 Å². The van der Waals surface area contributed by atoms with Crippen LogP contribution in [0, 0.1) is 0 Å². The zero-order chi connectivity index (χ0) is 17.9. The highest BCUT2D eigenvalue weighted by Crippen LogP contribution is 2.20. The molecule has 7 nitrogen and oxygen atoms in total. The summed E-state index contributed by atoms with van der Waals surface area (Å²) < 4.78 is 28.7. The molecule has 2 aromatic rings. The van der Waals surface area contributed by atoms with E-state index >= 15 is 0 Å². The van der Waals surface area contributed by atoms with Gasteiger partial charge in [0.15, 0.2) is 0 Å². The molecular formula is C17H22N4O3S. The maximum absolute atomic E-state index is 12.4. The van der Waals surface area contributed by atoms with E-state index in [0.717, 1.165) is 38.1 Å². The highest BCUT2D eigenvalue weighted by Gasteiger charge is 2.17. The summed E-state index contributed by atoms with van der Waals surface area (Å²) in [7, 11) is -3.52. The van der Waals surface area contributed by atoms with Gasteiger partial charge in [-0.2, -0.15) is 0 Å². The smallest absolute Gasteiger partial charge is 0.256 e. The van der Waals surface area contributed by atoms with E-state index in [9.17, 15) is 13.2 Å². The molecule has 2 N–H and O–H groups in total. The fourth-order valence-electron chi connectivity index (χ4n) is 2.81. The van der Waals surface area contributed by atoms with Crippen molar-refractivity contribution in [1.29, 1.82) is 0 Å². The lowest BCUT2D eigenvalue weighted by atomic mass is 10.2. The van der Waals surface area contributed by atoms with Crippen LogP contribution in [0.4, 0.5) is 5.82 Å². The first-order valence-electron chi connectivity index (χ1n) is 8.47. The monoisotopic (exact) mass is 362 g/mol. The molecule has 1 aliphatic heterocycles. The molecule has 0 spiro atoms. The van der Waals surface area contributed by atoms with Gasteiger partial charge in [-0.15, -0.1) is 0 Å². The Hall–Kier alpha value is -2.19. The molecule has 0 bridgehead atoms. The van der Waals surface area contributed by atoms with Crippen molar-refractivity contribution in [2.24, 2.45) is 0 Å². The van der Waals surface area contributed by atoms with Crippen molar-refractivity contribution < 1.29 is 13.2 Å². The first kappa shape index (κ1) is 17.6. The minimum atomic E-state index is -3.52. The SMILES string of the molecule is CCCNS(=O)(=O)c1ccc(C(=O)Nc2cnc3n2CCCC3)cc1. The zero-order valence-corrected chi connectivity index (χ0v) is 15.0. The molecule has 0 unspecified atom stereocenters. The number of benzene rings is 1. The third-order valence-corrected chi connectivity index (χ3v) is 5.66. The van der Waals surface area contributed by atoms with Gasteiger partial charge in [-0.05, 0) is 43.5 Å². The normalized spacial score (nSPS) is 14.1. The summed E-state index contributed by atoms with van der Waals surface area (Å²) in [4.78, 5) is 16.9. The van der Waals surface area contributed by atoms with Crippen molar-refractivity contribution in [3.8, 4) is 0 Å². The molecule has 1 amide bonds. The number of hydrogen-bond donors (Lipinski definition) is 2. The van der Waals surface area contributed by atoms with Crippen molar-refractivity contribution in [2.45, 2.75) is 44.0 Å². The van der Waals surface area contributed by atoms with Crippen molar-refractivity contribution in [3.05, 3.63) is 41.9 Å². The average Bonchev–Trinajstić information content (AvgIpc) is 3.03. The Morgan fingerprint density at radius 1 is 1.24 bits per heavy atom. The van der Waals surface area contributed by atoms with Crippen molar-refractivity contribution in [3.63, 3.8) is 0 Å². The van der Waals surface area contributed by atoms with E-state index in [4.69, 9.17) is 0 Å². The van der Waals surface area contributed by atoms with Crippen LogP contribution in [0.1, 0.15) is 42.4 Å². The second-order valence-corrected chi connectivity index (χ2v) is 7.81. The van der Waals surface area contributed by atoms with E-state index in [0.29, 0.717) is 17.9 Å². The van der Waals surface area contributed by atoms with Crippen molar-refractivity contribution >= 4 is 21.7 Å². The van der Waals surface area contributed by atoms with Crippen molar-refractivity contribution in [1.82, 2.24) is 14.3 Å². The number of aryl methyl sites for hydroxylation is 1. The molecule has 0 aliphatic carbocycles. The maximum Gasteiger partial charge on any atom is 0.256 e. The number of anilines is 1. The maximum atomic E-state index is 12.4. The van der Waals surface area contributed by atoms with Crippen LogP contribution < -0.4 is 10.0 Å². The summed E-state index contributed by atoms with van der Waals surface area (Å²) >= 11 is 0. The summed E-state index contributed by atoms with van der Waals surface area (Å²) in [6, 6.07) is 5.92. The fraction of sp³-hybridized carbons (Fsp3) is 0.412. The standard InChI is InChI=1S/C17H22N4O3S/c1-2-10-19-25(23,24)14-8-6-13(7-9-14)17(22)20-16-12-18-15-5-3-4-11-21(15)16/h6-9,12,19H,2-5,10-11H2,1H3,(H,20,22). The lowest BCUT2D eigenvalue weighted by molar-refractivity contribution is 0.102. The van der Waals surface area contributed by atoms with Crippen LogP contribution in [0.25, 0.3) is 0 Å². The lowest BCUT2D eigenvalue weighted by Gasteiger charge is -2.16. The summed E-state index contributed by atoms with van der Waals surface area (Å²) in [5.74, 6) is 1.39. The first-order valence-corrected chi connectivity index (χ1v) is 9.95. The van der Waals surface area contributed by atoms with E-state index in [1.54, 1.807) is 6.20 Å². The Morgan fingerprint density at radius 2 is 2.00 bits per heavy atom. The zero-order valence-electron chi connectivity index (χ0n) is 14.2. The molecule has 0 saturated heterocycles. The summed E-state index contributed by atoms with van der Waals surface area (Å²) in [5, 5.41) is 2.86. The van der Waals surface area contributed by atoms with Gasteiger partial charge >= 0.3 is 0 Å². The molecule has 1 aromatic heterocycles. The Bertz CT molecular complexity index is 857. The third kappa shape index (κ3) is 3.91. The summed E-state index contributed by atoms with van der Waals surface area (Å²) in [6.07, 6.45) is 5.50. The molecule has 0 atom stereocenters. The number of amides is 1. The Morgan fingerprint density at radius 3 is 2.72 bits per heavy atom.